The number of halogens is 3. The van der Waals surface area contributed by atoms with Gasteiger partial charge in [0.2, 0.25) is 0 Å². The van der Waals surface area contributed by atoms with Crippen LogP contribution in [-0.4, -0.2) is 56.9 Å². The second kappa shape index (κ2) is 11.9. The highest BCUT2D eigenvalue weighted by Crippen LogP contribution is 2.31. The Labute approximate surface area is 171 Å². The SMILES string of the molecule is CCNC(=NCC(c1ccccc1OC)N1CCCC1)NCCCCC(F)(F)F. The molecule has 1 aliphatic rings. The molecule has 164 valence electrons. The third-order valence-corrected chi connectivity index (χ3v) is 5.03. The van der Waals surface area contributed by atoms with Gasteiger partial charge in [0.15, 0.2) is 5.96 Å². The summed E-state index contributed by atoms with van der Waals surface area (Å²) in [6.45, 7) is 5.74. The second-order valence-electron chi connectivity index (χ2n) is 7.22. The third-order valence-electron chi connectivity index (χ3n) is 5.03. The summed E-state index contributed by atoms with van der Waals surface area (Å²) < 4.78 is 42.4. The van der Waals surface area contributed by atoms with Gasteiger partial charge in [-0.15, -0.1) is 0 Å². The average Bonchev–Trinajstić information content (AvgIpc) is 3.21. The van der Waals surface area contributed by atoms with Crippen molar-refractivity contribution in [1.29, 1.82) is 0 Å². The number of hydrogen-bond acceptors (Lipinski definition) is 3. The van der Waals surface area contributed by atoms with E-state index in [1.807, 2.05) is 25.1 Å². The van der Waals surface area contributed by atoms with E-state index in [1.165, 1.54) is 12.8 Å². The fourth-order valence-corrected chi connectivity index (χ4v) is 3.58. The van der Waals surface area contributed by atoms with Crippen molar-refractivity contribution in [3.05, 3.63) is 29.8 Å². The quantitative estimate of drug-likeness (QED) is 0.344. The molecule has 2 N–H and O–H groups in total. The van der Waals surface area contributed by atoms with Crippen molar-refractivity contribution in [1.82, 2.24) is 15.5 Å². The molecule has 1 aromatic rings. The van der Waals surface area contributed by atoms with Crippen molar-refractivity contribution in [3.63, 3.8) is 0 Å². The summed E-state index contributed by atoms with van der Waals surface area (Å²) in [7, 11) is 1.68. The molecule has 0 saturated carbocycles. The highest BCUT2D eigenvalue weighted by molar-refractivity contribution is 5.79. The molecule has 1 aliphatic heterocycles. The molecule has 0 aliphatic carbocycles. The van der Waals surface area contributed by atoms with Crippen LogP contribution in [0.1, 0.15) is 50.6 Å². The number of rotatable bonds is 10. The fraction of sp³-hybridized carbons (Fsp3) is 0.667. The Bertz CT molecular complexity index is 631. The summed E-state index contributed by atoms with van der Waals surface area (Å²) in [6.07, 6.45) is -1.91. The number of likely N-dealkylation sites (tertiary alicyclic amines) is 1. The number of aliphatic imine (C=N–C) groups is 1. The zero-order valence-corrected chi connectivity index (χ0v) is 17.4. The molecule has 1 atom stereocenters. The Morgan fingerprint density at radius 2 is 1.90 bits per heavy atom. The van der Waals surface area contributed by atoms with Gasteiger partial charge in [-0.1, -0.05) is 18.2 Å². The first-order chi connectivity index (χ1) is 13.9. The number of hydrogen-bond donors (Lipinski definition) is 2. The van der Waals surface area contributed by atoms with Gasteiger partial charge >= 0.3 is 6.18 Å². The molecule has 0 aromatic heterocycles. The van der Waals surface area contributed by atoms with Crippen LogP contribution in [0.2, 0.25) is 0 Å². The summed E-state index contributed by atoms with van der Waals surface area (Å²) >= 11 is 0. The molecule has 1 aromatic carbocycles. The van der Waals surface area contributed by atoms with Crippen LogP contribution in [0, 0.1) is 0 Å². The lowest BCUT2D eigenvalue weighted by molar-refractivity contribution is -0.135. The van der Waals surface area contributed by atoms with Crippen molar-refractivity contribution < 1.29 is 17.9 Å². The molecular formula is C21H33F3N4O. The Hall–Kier alpha value is -1.96. The van der Waals surface area contributed by atoms with Gasteiger partial charge in [-0.25, -0.2) is 0 Å². The number of nitrogens with one attached hydrogen (secondary N) is 2. The third kappa shape index (κ3) is 8.12. The van der Waals surface area contributed by atoms with E-state index in [1.54, 1.807) is 7.11 Å². The molecule has 1 unspecified atom stereocenters. The number of para-hydroxylation sites is 1. The van der Waals surface area contributed by atoms with Crippen molar-refractivity contribution in [2.45, 2.75) is 51.2 Å². The first-order valence-electron chi connectivity index (χ1n) is 10.4. The molecule has 1 saturated heterocycles. The number of methoxy groups -OCH3 is 1. The topological polar surface area (TPSA) is 48.9 Å². The van der Waals surface area contributed by atoms with Crippen LogP contribution >= 0.6 is 0 Å². The number of nitrogens with zero attached hydrogens (tertiary/aromatic N) is 2. The van der Waals surface area contributed by atoms with Gasteiger partial charge in [-0.3, -0.25) is 9.89 Å². The van der Waals surface area contributed by atoms with Gasteiger partial charge in [0.1, 0.15) is 5.75 Å². The van der Waals surface area contributed by atoms with E-state index in [2.05, 4.69) is 21.6 Å². The Morgan fingerprint density at radius 1 is 1.17 bits per heavy atom. The average molecular weight is 415 g/mol. The van der Waals surface area contributed by atoms with Crippen molar-refractivity contribution in [2.75, 3.05) is 39.8 Å². The van der Waals surface area contributed by atoms with E-state index in [4.69, 9.17) is 9.73 Å². The summed E-state index contributed by atoms with van der Waals surface area (Å²) in [5.74, 6) is 1.49. The highest BCUT2D eigenvalue weighted by atomic mass is 19.4. The maximum absolute atomic E-state index is 12.3. The smallest absolute Gasteiger partial charge is 0.389 e. The van der Waals surface area contributed by atoms with Gasteiger partial charge in [-0.2, -0.15) is 13.2 Å². The van der Waals surface area contributed by atoms with E-state index in [0.29, 0.717) is 32.0 Å². The van der Waals surface area contributed by atoms with Gasteiger partial charge in [-0.05, 0) is 51.8 Å². The largest absolute Gasteiger partial charge is 0.496 e. The maximum Gasteiger partial charge on any atom is 0.389 e. The van der Waals surface area contributed by atoms with Gasteiger partial charge < -0.3 is 15.4 Å². The van der Waals surface area contributed by atoms with Crippen LogP contribution in [0.15, 0.2) is 29.3 Å². The molecule has 29 heavy (non-hydrogen) atoms. The molecule has 2 rings (SSSR count). The Kier molecular flexibility index (Phi) is 9.57. The van der Waals surface area contributed by atoms with E-state index < -0.39 is 12.6 Å². The molecule has 0 amide bonds. The zero-order chi connectivity index (χ0) is 21.1. The minimum atomic E-state index is -4.09. The summed E-state index contributed by atoms with van der Waals surface area (Å²) in [5.41, 5.74) is 1.11. The lowest BCUT2D eigenvalue weighted by Gasteiger charge is -2.28. The molecule has 1 fully saturated rings. The van der Waals surface area contributed by atoms with Crippen molar-refractivity contribution >= 4 is 5.96 Å². The van der Waals surface area contributed by atoms with Crippen LogP contribution in [0.4, 0.5) is 13.2 Å². The molecule has 0 bridgehead atoms. The van der Waals surface area contributed by atoms with E-state index >= 15 is 0 Å². The molecule has 5 nitrogen and oxygen atoms in total. The first kappa shape index (κ1) is 23.3. The van der Waals surface area contributed by atoms with E-state index in [9.17, 15) is 13.2 Å². The van der Waals surface area contributed by atoms with Gasteiger partial charge in [0.05, 0.1) is 19.7 Å². The normalized spacial score (nSPS) is 16.7. The summed E-state index contributed by atoms with van der Waals surface area (Å²) in [5, 5.41) is 6.34. The predicted molar refractivity (Wildman–Crippen MR) is 110 cm³/mol. The molecule has 1 heterocycles. The summed E-state index contributed by atoms with van der Waals surface area (Å²) in [4.78, 5) is 7.16. The fourth-order valence-electron chi connectivity index (χ4n) is 3.58. The number of alkyl halides is 3. The van der Waals surface area contributed by atoms with Crippen LogP contribution in [-0.2, 0) is 0 Å². The highest BCUT2D eigenvalue weighted by Gasteiger charge is 2.26. The maximum atomic E-state index is 12.3. The van der Waals surface area contributed by atoms with Crippen LogP contribution in [0.25, 0.3) is 0 Å². The number of ether oxygens (including phenoxy) is 1. The Balaban J connectivity index is 2.01. The lowest BCUT2D eigenvalue weighted by Crippen LogP contribution is -2.39. The second-order valence-corrected chi connectivity index (χ2v) is 7.22. The van der Waals surface area contributed by atoms with Gasteiger partial charge in [0.25, 0.3) is 0 Å². The molecule has 0 spiro atoms. The monoisotopic (exact) mass is 414 g/mol. The first-order valence-corrected chi connectivity index (χ1v) is 10.4. The molecule has 8 heteroatoms. The van der Waals surface area contributed by atoms with Crippen LogP contribution in [0.3, 0.4) is 0 Å². The van der Waals surface area contributed by atoms with Crippen molar-refractivity contribution in [2.24, 2.45) is 4.99 Å². The van der Waals surface area contributed by atoms with Crippen LogP contribution < -0.4 is 15.4 Å². The Morgan fingerprint density at radius 3 is 2.55 bits per heavy atom. The molecular weight excluding hydrogens is 381 g/mol. The minimum Gasteiger partial charge on any atom is -0.496 e. The van der Waals surface area contributed by atoms with Gasteiger partial charge in [0, 0.05) is 25.1 Å². The summed E-state index contributed by atoms with van der Waals surface area (Å²) in [6, 6.07) is 8.11. The lowest BCUT2D eigenvalue weighted by atomic mass is 10.0. The number of unbranched alkanes of at least 4 members (excludes halogenated alkanes) is 1. The minimum absolute atomic E-state index is 0.106. The zero-order valence-electron chi connectivity index (χ0n) is 17.4. The van der Waals surface area contributed by atoms with E-state index in [0.717, 1.165) is 24.4 Å². The predicted octanol–water partition coefficient (Wildman–Crippen LogP) is 4.12. The molecule has 0 radical (unpaired) electrons. The number of benzene rings is 1. The van der Waals surface area contributed by atoms with Crippen LogP contribution in [0.5, 0.6) is 5.75 Å². The van der Waals surface area contributed by atoms with Crippen molar-refractivity contribution in [3.8, 4) is 5.75 Å². The number of guanidine groups is 1. The van der Waals surface area contributed by atoms with E-state index in [-0.39, 0.29) is 12.5 Å². The standard InChI is InChI=1S/C21H33F3N4O/c1-3-25-20(26-13-7-6-12-21(22,23)24)27-16-18(28-14-8-9-15-28)17-10-4-5-11-19(17)29-2/h4-5,10-11,18H,3,6-9,12-16H2,1-2H3,(H2,25,26,27).